The quantitative estimate of drug-likeness (QED) is 0.184. The zero-order valence-electron chi connectivity index (χ0n) is 19.3. The molecule has 0 spiro atoms. The number of aromatic nitrogens is 2. The lowest BCUT2D eigenvalue weighted by Crippen LogP contribution is -2.48. The van der Waals surface area contributed by atoms with Crippen molar-refractivity contribution in [1.29, 1.82) is 5.41 Å². The first-order chi connectivity index (χ1) is 16.3. The fourth-order valence-electron chi connectivity index (χ4n) is 3.76. The van der Waals surface area contributed by atoms with E-state index in [0.29, 0.717) is 30.9 Å². The maximum Gasteiger partial charge on any atom is 0.326 e. The number of hydrogen-bond donors (Lipinski definition) is 6. The Kier molecular flexibility index (Phi) is 8.79. The second-order valence-electron chi connectivity index (χ2n) is 8.18. The van der Waals surface area contributed by atoms with E-state index < -0.39 is 17.4 Å². The van der Waals surface area contributed by atoms with Crippen LogP contribution < -0.4 is 32.1 Å². The molecule has 1 aliphatic rings. The van der Waals surface area contributed by atoms with Gasteiger partial charge in [-0.1, -0.05) is 18.6 Å². The first kappa shape index (κ1) is 25.0. The highest BCUT2D eigenvalue weighted by Gasteiger charge is 2.20. The van der Waals surface area contributed by atoms with Gasteiger partial charge in [0.1, 0.15) is 11.5 Å². The normalized spacial score (nSPS) is 14.0. The van der Waals surface area contributed by atoms with Gasteiger partial charge in [-0.2, -0.15) is 4.98 Å². The lowest BCUT2D eigenvalue weighted by atomic mass is 10.2. The molecule has 2 amide bonds. The van der Waals surface area contributed by atoms with Crippen LogP contribution in [0, 0.1) is 18.2 Å². The Morgan fingerprint density at radius 3 is 2.68 bits per heavy atom. The van der Waals surface area contributed by atoms with Gasteiger partial charge in [0.25, 0.3) is 5.56 Å². The number of nitrogens with two attached hydrogens (primary N) is 1. The predicted octanol–water partition coefficient (Wildman–Crippen LogP) is 1.64. The number of amides is 2. The number of H-pyrrole nitrogens is 1. The van der Waals surface area contributed by atoms with Crippen molar-refractivity contribution < 1.29 is 9.18 Å². The van der Waals surface area contributed by atoms with Gasteiger partial charge in [-0.05, 0) is 37.9 Å². The predicted molar refractivity (Wildman–Crippen MR) is 131 cm³/mol. The smallest absolute Gasteiger partial charge is 0.326 e. The number of rotatable bonds is 9. The van der Waals surface area contributed by atoms with Crippen LogP contribution in [0.15, 0.2) is 29.2 Å². The summed E-state index contributed by atoms with van der Waals surface area (Å²) in [5, 5.41) is 14.8. The number of benzene rings is 1. The first-order valence-corrected chi connectivity index (χ1v) is 11.3. The highest BCUT2D eigenvalue weighted by Crippen LogP contribution is 2.17. The topological polar surface area (TPSA) is 155 Å². The van der Waals surface area contributed by atoms with E-state index in [0.717, 1.165) is 38.9 Å². The molecule has 0 aliphatic carbocycles. The summed E-state index contributed by atoms with van der Waals surface area (Å²) in [6.45, 7) is 6.40. The van der Waals surface area contributed by atoms with E-state index >= 15 is 0 Å². The van der Waals surface area contributed by atoms with Gasteiger partial charge in [-0.15, -0.1) is 0 Å². The van der Waals surface area contributed by atoms with Crippen molar-refractivity contribution in [1.82, 2.24) is 20.2 Å². The van der Waals surface area contributed by atoms with Crippen LogP contribution in [0.4, 0.5) is 26.5 Å². The molecule has 184 valence electrons. The third-order valence-electron chi connectivity index (χ3n) is 5.63. The van der Waals surface area contributed by atoms with Crippen molar-refractivity contribution in [3.8, 4) is 0 Å². The zero-order valence-corrected chi connectivity index (χ0v) is 19.3. The number of aromatic amines is 1. The largest absolute Gasteiger partial charge is 0.370 e. The molecule has 12 heteroatoms. The average molecular weight is 474 g/mol. The number of nitrogens with one attached hydrogen (secondary N) is 5. The summed E-state index contributed by atoms with van der Waals surface area (Å²) < 4.78 is 14.1. The average Bonchev–Trinajstić information content (AvgIpc) is 2.80. The van der Waals surface area contributed by atoms with Gasteiger partial charge in [0, 0.05) is 38.9 Å². The molecule has 1 fully saturated rings. The Hall–Kier alpha value is -3.67. The minimum Gasteiger partial charge on any atom is -0.370 e. The Morgan fingerprint density at radius 2 is 1.97 bits per heavy atom. The highest BCUT2D eigenvalue weighted by atomic mass is 19.1. The monoisotopic (exact) mass is 473 g/mol. The number of urea groups is 1. The number of piperazine rings is 1. The van der Waals surface area contributed by atoms with E-state index in [4.69, 9.17) is 11.1 Å². The summed E-state index contributed by atoms with van der Waals surface area (Å²) in [5.74, 6) is -0.527. The number of nitrogens with zero attached hydrogens (tertiary/aromatic N) is 3. The number of carbonyl (C=O) groups is 1. The molecule has 7 N–H and O–H groups in total. The number of guanidine groups is 1. The van der Waals surface area contributed by atoms with Crippen LogP contribution >= 0.6 is 0 Å². The number of unbranched alkanes of at least 4 members (excludes halogenated alkanes) is 2. The Balaban J connectivity index is 1.44. The van der Waals surface area contributed by atoms with E-state index in [2.05, 4.69) is 30.8 Å². The Bertz CT molecular complexity index is 1050. The van der Waals surface area contributed by atoms with Crippen molar-refractivity contribution >= 4 is 29.3 Å². The van der Waals surface area contributed by atoms with Crippen molar-refractivity contribution in [3.05, 3.63) is 46.1 Å². The van der Waals surface area contributed by atoms with Crippen LogP contribution in [-0.2, 0) is 0 Å². The molecule has 2 heterocycles. The lowest BCUT2D eigenvalue weighted by molar-refractivity contribution is 0.252. The molecule has 0 unspecified atom stereocenters. The lowest BCUT2D eigenvalue weighted by Gasteiger charge is -2.35. The van der Waals surface area contributed by atoms with Gasteiger partial charge >= 0.3 is 6.03 Å². The summed E-state index contributed by atoms with van der Waals surface area (Å²) in [6, 6.07) is 3.99. The van der Waals surface area contributed by atoms with Crippen LogP contribution in [0.25, 0.3) is 0 Å². The van der Waals surface area contributed by atoms with Crippen molar-refractivity contribution in [2.24, 2.45) is 5.73 Å². The van der Waals surface area contributed by atoms with Crippen LogP contribution in [0.1, 0.15) is 24.8 Å². The molecule has 1 aromatic heterocycles. The van der Waals surface area contributed by atoms with E-state index in [1.165, 1.54) is 12.3 Å². The first-order valence-electron chi connectivity index (χ1n) is 11.3. The van der Waals surface area contributed by atoms with Gasteiger partial charge < -0.3 is 26.3 Å². The summed E-state index contributed by atoms with van der Waals surface area (Å²) in [6.07, 6.45) is 4.63. The molecule has 11 nitrogen and oxygen atoms in total. The summed E-state index contributed by atoms with van der Waals surface area (Å²) >= 11 is 0. The number of halogens is 1. The minimum atomic E-state index is -0.703. The van der Waals surface area contributed by atoms with Crippen LogP contribution in [-0.4, -0.2) is 66.1 Å². The van der Waals surface area contributed by atoms with Gasteiger partial charge in [-0.3, -0.25) is 20.4 Å². The third kappa shape index (κ3) is 7.17. The van der Waals surface area contributed by atoms with Crippen LogP contribution in [0.5, 0.6) is 0 Å². The molecule has 1 aromatic carbocycles. The fraction of sp³-hybridized carbons (Fsp3) is 0.455. The maximum absolute atomic E-state index is 14.1. The summed E-state index contributed by atoms with van der Waals surface area (Å²) in [4.78, 5) is 35.8. The number of hydrogen-bond acceptors (Lipinski definition) is 6. The van der Waals surface area contributed by atoms with E-state index in [9.17, 15) is 14.0 Å². The zero-order chi connectivity index (χ0) is 24.5. The van der Waals surface area contributed by atoms with Crippen molar-refractivity contribution in [3.63, 3.8) is 0 Å². The molecular formula is C22H32FN9O2. The molecule has 1 aliphatic heterocycles. The molecule has 0 atom stereocenters. The van der Waals surface area contributed by atoms with Gasteiger partial charge in [0.2, 0.25) is 5.95 Å². The highest BCUT2D eigenvalue weighted by molar-refractivity contribution is 5.98. The third-order valence-corrected chi connectivity index (χ3v) is 5.63. The van der Waals surface area contributed by atoms with E-state index in [1.807, 2.05) is 4.90 Å². The molecular weight excluding hydrogens is 441 g/mol. The number of aryl methyl sites for hydroxylation is 1. The molecule has 2 aromatic rings. The number of anilines is 3. The van der Waals surface area contributed by atoms with Gasteiger partial charge in [0.15, 0.2) is 5.96 Å². The maximum atomic E-state index is 14.1. The molecule has 1 saturated heterocycles. The van der Waals surface area contributed by atoms with Gasteiger partial charge in [0.05, 0.1) is 5.69 Å². The van der Waals surface area contributed by atoms with E-state index in [1.54, 1.807) is 19.1 Å². The SMILES string of the molecule is Cc1cccc(NC(=O)Nc2nc(=O)c(N3CCN(CCCCCNC(=N)N)CC3)c[nH]2)c1F. The van der Waals surface area contributed by atoms with E-state index in [-0.39, 0.29) is 17.6 Å². The second kappa shape index (κ2) is 12.0. The minimum absolute atomic E-state index is 0.00493. The van der Waals surface area contributed by atoms with Crippen LogP contribution in [0.2, 0.25) is 0 Å². The summed E-state index contributed by atoms with van der Waals surface area (Å²) in [7, 11) is 0. The Morgan fingerprint density at radius 1 is 1.21 bits per heavy atom. The Labute approximate surface area is 197 Å². The molecule has 0 saturated carbocycles. The molecule has 0 bridgehead atoms. The van der Waals surface area contributed by atoms with Crippen molar-refractivity contribution in [2.75, 3.05) is 54.8 Å². The second-order valence-corrected chi connectivity index (χ2v) is 8.18. The summed E-state index contributed by atoms with van der Waals surface area (Å²) in [5.41, 5.74) is 5.72. The molecule has 34 heavy (non-hydrogen) atoms. The van der Waals surface area contributed by atoms with Crippen LogP contribution in [0.3, 0.4) is 0 Å². The number of carbonyl (C=O) groups excluding carboxylic acids is 1. The van der Waals surface area contributed by atoms with Crippen molar-refractivity contribution in [2.45, 2.75) is 26.2 Å². The van der Waals surface area contributed by atoms with Gasteiger partial charge in [-0.25, -0.2) is 9.18 Å². The molecule has 0 radical (unpaired) electrons. The standard InChI is InChI=1S/C22H32FN9O2/c1-15-6-5-7-16(18(15)23)28-22(34)30-21-27-14-17(19(33)29-21)32-12-10-31(11-13-32)9-4-2-3-8-26-20(24)25/h5-7,14H,2-4,8-13H2,1H3,(H4,24,25,26)(H3,27,28,29,30,33,34). The fourth-order valence-corrected chi connectivity index (χ4v) is 3.76. The molecule has 3 rings (SSSR count).